The van der Waals surface area contributed by atoms with Crippen LogP contribution >= 0.6 is 11.6 Å². The van der Waals surface area contributed by atoms with E-state index < -0.39 is 0 Å². The van der Waals surface area contributed by atoms with Crippen molar-refractivity contribution in [3.63, 3.8) is 0 Å². The summed E-state index contributed by atoms with van der Waals surface area (Å²) in [5.74, 6) is -0.209. The molecule has 0 bridgehead atoms. The van der Waals surface area contributed by atoms with Gasteiger partial charge in [0.1, 0.15) is 16.9 Å². The summed E-state index contributed by atoms with van der Waals surface area (Å²) >= 11 is 5.93. The van der Waals surface area contributed by atoms with Crippen molar-refractivity contribution in [3.05, 3.63) is 77.3 Å². The van der Waals surface area contributed by atoms with Gasteiger partial charge in [0.2, 0.25) is 0 Å². The Morgan fingerprint density at radius 3 is 2.55 bits per heavy atom. The van der Waals surface area contributed by atoms with Gasteiger partial charge in [-0.25, -0.2) is 9.97 Å². The number of carbonyl (C=O) groups excluding carboxylic acids is 1. The molecule has 0 unspecified atom stereocenters. The number of rotatable bonds is 5. The van der Waals surface area contributed by atoms with E-state index in [1.807, 2.05) is 36.4 Å². The number of para-hydroxylation sites is 2. The van der Waals surface area contributed by atoms with Crippen molar-refractivity contribution in [2.45, 2.75) is 0 Å². The van der Waals surface area contributed by atoms with Crippen molar-refractivity contribution >= 4 is 51.7 Å². The third kappa shape index (κ3) is 3.55. The molecule has 2 aromatic carbocycles. The lowest BCUT2D eigenvalue weighted by molar-refractivity contribution is 0.0960. The van der Waals surface area contributed by atoms with Gasteiger partial charge in [0.05, 0.1) is 17.2 Å². The molecule has 144 valence electrons. The first-order chi connectivity index (χ1) is 14.1. The van der Waals surface area contributed by atoms with Crippen molar-refractivity contribution in [2.24, 2.45) is 5.10 Å². The molecule has 2 aromatic heterocycles. The number of nitrogens with one attached hydrogen (secondary N) is 1. The molecular formula is C21H17ClN6O. The summed E-state index contributed by atoms with van der Waals surface area (Å²) in [6.07, 6.45) is 3.21. The molecule has 0 aliphatic heterocycles. The molecule has 3 N–H and O–H groups in total. The smallest absolute Gasteiger partial charge is 0.257 e. The summed E-state index contributed by atoms with van der Waals surface area (Å²) in [5.41, 5.74) is 9.48. The number of hydrogen-bond acceptors (Lipinski definition) is 5. The molecule has 0 spiro atoms. The third-order valence-corrected chi connectivity index (χ3v) is 4.55. The van der Waals surface area contributed by atoms with Crippen LogP contribution in [0.15, 0.2) is 66.3 Å². The zero-order chi connectivity index (χ0) is 20.4. The van der Waals surface area contributed by atoms with Crippen molar-refractivity contribution in [1.82, 2.24) is 20.0 Å². The summed E-state index contributed by atoms with van der Waals surface area (Å²) in [7, 11) is 0. The van der Waals surface area contributed by atoms with Gasteiger partial charge in [0.25, 0.3) is 5.91 Å². The second-order valence-electron chi connectivity index (χ2n) is 6.25. The van der Waals surface area contributed by atoms with Crippen LogP contribution in [0.25, 0.3) is 22.2 Å². The van der Waals surface area contributed by atoms with Crippen LogP contribution in [0.2, 0.25) is 5.02 Å². The van der Waals surface area contributed by atoms with E-state index in [1.54, 1.807) is 24.4 Å². The fourth-order valence-electron chi connectivity index (χ4n) is 2.91. The largest absolute Gasteiger partial charge is 0.383 e. The highest BCUT2D eigenvalue weighted by molar-refractivity contribution is 6.30. The third-order valence-electron chi connectivity index (χ3n) is 4.30. The van der Waals surface area contributed by atoms with Crippen molar-refractivity contribution in [3.8, 4) is 0 Å². The number of hydrogen-bond donors (Lipinski definition) is 2. The van der Waals surface area contributed by atoms with Gasteiger partial charge < -0.3 is 11.1 Å². The average molecular weight is 405 g/mol. The second-order valence-corrected chi connectivity index (χ2v) is 6.69. The first kappa shape index (κ1) is 18.6. The molecule has 0 saturated carbocycles. The maximum Gasteiger partial charge on any atom is 0.257 e. The highest BCUT2D eigenvalue weighted by Crippen LogP contribution is 2.27. The zero-order valence-corrected chi connectivity index (χ0v) is 16.1. The van der Waals surface area contributed by atoms with Crippen LogP contribution in [0.4, 0.5) is 5.82 Å². The topological polar surface area (TPSA) is 98.2 Å². The van der Waals surface area contributed by atoms with Crippen molar-refractivity contribution < 1.29 is 4.79 Å². The number of benzene rings is 2. The molecule has 0 aliphatic carbocycles. The SMILES string of the molecule is C=CCNC(=O)c1c(N)n(N=Cc2ccc(Cl)cc2)c2nc3ccccc3nc12. The van der Waals surface area contributed by atoms with Crippen LogP contribution in [0.1, 0.15) is 15.9 Å². The Hall–Kier alpha value is -3.71. The number of carbonyl (C=O) groups is 1. The lowest BCUT2D eigenvalue weighted by Crippen LogP contribution is -2.24. The first-order valence-electron chi connectivity index (χ1n) is 8.84. The van der Waals surface area contributed by atoms with Crippen molar-refractivity contribution in [2.75, 3.05) is 12.3 Å². The molecular weight excluding hydrogens is 388 g/mol. The molecule has 0 fully saturated rings. The molecule has 4 aromatic rings. The molecule has 29 heavy (non-hydrogen) atoms. The highest BCUT2D eigenvalue weighted by atomic mass is 35.5. The number of nitrogens with zero attached hydrogens (tertiary/aromatic N) is 4. The molecule has 2 heterocycles. The Morgan fingerprint density at radius 1 is 1.17 bits per heavy atom. The predicted octanol–water partition coefficient (Wildman–Crippen LogP) is 3.62. The van der Waals surface area contributed by atoms with Crippen molar-refractivity contribution in [1.29, 1.82) is 0 Å². The highest BCUT2D eigenvalue weighted by Gasteiger charge is 2.23. The number of anilines is 1. The Kier molecular flexibility index (Phi) is 4.97. The Labute approximate surface area is 171 Å². The lowest BCUT2D eigenvalue weighted by atomic mass is 10.2. The molecule has 0 atom stereocenters. The number of aromatic nitrogens is 3. The summed E-state index contributed by atoms with van der Waals surface area (Å²) in [4.78, 5) is 22.0. The quantitative estimate of drug-likeness (QED) is 0.392. The molecule has 8 heteroatoms. The van der Waals surface area contributed by atoms with E-state index in [9.17, 15) is 4.79 Å². The van der Waals surface area contributed by atoms with Gasteiger partial charge in [0, 0.05) is 11.6 Å². The monoisotopic (exact) mass is 404 g/mol. The average Bonchev–Trinajstić information content (AvgIpc) is 3.00. The molecule has 0 saturated heterocycles. The molecule has 0 radical (unpaired) electrons. The van der Waals surface area contributed by atoms with Gasteiger partial charge in [-0.2, -0.15) is 9.78 Å². The molecule has 0 aliphatic rings. The standard InChI is InChI=1S/C21H17ClN6O/c1-2-11-24-21(29)17-18-20(27-16-6-4-3-5-15(16)26-18)28(19(17)23)25-12-13-7-9-14(22)10-8-13/h2-10,12H,1,11,23H2,(H,24,29). The number of nitrogen functional groups attached to an aromatic ring is 1. The van der Waals surface area contributed by atoms with Gasteiger partial charge in [-0.05, 0) is 29.8 Å². The second kappa shape index (κ2) is 7.73. The minimum atomic E-state index is -0.363. The number of nitrogens with two attached hydrogens (primary N) is 1. The van der Waals surface area contributed by atoms with E-state index in [-0.39, 0.29) is 17.3 Å². The van der Waals surface area contributed by atoms with Crippen LogP contribution in [0, 0.1) is 0 Å². The number of halogens is 1. The fourth-order valence-corrected chi connectivity index (χ4v) is 3.04. The van der Waals surface area contributed by atoms with Gasteiger partial charge in [-0.3, -0.25) is 4.79 Å². The van der Waals surface area contributed by atoms with Crippen LogP contribution in [-0.2, 0) is 0 Å². The first-order valence-corrected chi connectivity index (χ1v) is 9.22. The van der Waals surface area contributed by atoms with E-state index in [0.29, 0.717) is 33.8 Å². The summed E-state index contributed by atoms with van der Waals surface area (Å²) in [6.45, 7) is 3.92. The number of amides is 1. The minimum absolute atomic E-state index is 0.155. The Balaban J connectivity index is 1.91. The van der Waals surface area contributed by atoms with Crippen LogP contribution in [0.3, 0.4) is 0 Å². The van der Waals surface area contributed by atoms with Crippen LogP contribution in [-0.4, -0.2) is 33.3 Å². The lowest BCUT2D eigenvalue weighted by Gasteiger charge is -2.02. The van der Waals surface area contributed by atoms with E-state index in [0.717, 1.165) is 5.56 Å². The van der Waals surface area contributed by atoms with E-state index in [2.05, 4.69) is 27.0 Å². The molecule has 7 nitrogen and oxygen atoms in total. The van der Waals surface area contributed by atoms with Gasteiger partial charge in [-0.1, -0.05) is 41.9 Å². The van der Waals surface area contributed by atoms with Crippen LogP contribution in [0.5, 0.6) is 0 Å². The molecule has 1 amide bonds. The number of fused-ring (bicyclic) bond motifs is 2. The van der Waals surface area contributed by atoms with Crippen LogP contribution < -0.4 is 11.1 Å². The Morgan fingerprint density at radius 2 is 1.86 bits per heavy atom. The maximum absolute atomic E-state index is 12.7. The zero-order valence-electron chi connectivity index (χ0n) is 15.3. The summed E-state index contributed by atoms with van der Waals surface area (Å²) < 4.78 is 1.42. The summed E-state index contributed by atoms with van der Waals surface area (Å²) in [5, 5.41) is 7.81. The van der Waals surface area contributed by atoms with E-state index in [1.165, 1.54) is 4.68 Å². The Bertz CT molecular complexity index is 1260. The van der Waals surface area contributed by atoms with Gasteiger partial charge in [-0.15, -0.1) is 6.58 Å². The fraction of sp³-hybridized carbons (Fsp3) is 0.0476. The molecule has 4 rings (SSSR count). The minimum Gasteiger partial charge on any atom is -0.383 e. The maximum atomic E-state index is 12.7. The summed E-state index contributed by atoms with van der Waals surface area (Å²) in [6, 6.07) is 14.6. The van der Waals surface area contributed by atoms with E-state index in [4.69, 9.17) is 17.3 Å². The predicted molar refractivity (Wildman–Crippen MR) is 116 cm³/mol. The normalized spacial score (nSPS) is 11.3. The van der Waals surface area contributed by atoms with Gasteiger partial charge in [0.15, 0.2) is 5.65 Å². The van der Waals surface area contributed by atoms with E-state index >= 15 is 0 Å². The van der Waals surface area contributed by atoms with Gasteiger partial charge >= 0.3 is 0 Å².